The van der Waals surface area contributed by atoms with E-state index >= 15 is 8.78 Å². The number of furan rings is 1. The molecule has 2 heterocycles. The third-order valence-electron chi connectivity index (χ3n) is 5.99. The second kappa shape index (κ2) is 8.91. The molecule has 2 aromatic carbocycles. The van der Waals surface area contributed by atoms with Crippen LogP contribution in [0.25, 0.3) is 17.0 Å². The van der Waals surface area contributed by atoms with E-state index in [9.17, 15) is 13.6 Å². The van der Waals surface area contributed by atoms with Crippen LogP contribution in [0.1, 0.15) is 49.3 Å². The Balaban J connectivity index is 1.91. The van der Waals surface area contributed by atoms with Gasteiger partial charge in [0.2, 0.25) is 0 Å². The van der Waals surface area contributed by atoms with Gasteiger partial charge >= 0.3 is 5.97 Å². The highest BCUT2D eigenvalue weighted by Gasteiger charge is 2.42. The van der Waals surface area contributed by atoms with Crippen molar-refractivity contribution in [2.24, 2.45) is 0 Å². The maximum Gasteiger partial charge on any atom is 0.330 e. The summed E-state index contributed by atoms with van der Waals surface area (Å²) in [5.74, 6) is -2.84. The van der Waals surface area contributed by atoms with E-state index in [-0.39, 0.29) is 35.1 Å². The van der Waals surface area contributed by atoms with E-state index in [0.717, 1.165) is 18.2 Å². The summed E-state index contributed by atoms with van der Waals surface area (Å²) >= 11 is 0. The van der Waals surface area contributed by atoms with Gasteiger partial charge in [0.15, 0.2) is 11.4 Å². The average Bonchev–Trinajstić information content (AvgIpc) is 3.12. The maximum atomic E-state index is 15.4. The van der Waals surface area contributed by atoms with Crippen LogP contribution in [-0.2, 0) is 16.0 Å². The number of methoxy groups -OCH3 is 1. The number of nitrogens with zero attached hydrogens (tertiary/aromatic N) is 1. The molecule has 0 aliphatic carbocycles. The van der Waals surface area contributed by atoms with Crippen LogP contribution >= 0.6 is 0 Å². The van der Waals surface area contributed by atoms with Crippen LogP contribution in [0.2, 0.25) is 0 Å². The number of esters is 1. The van der Waals surface area contributed by atoms with Gasteiger partial charge in [0.25, 0.3) is 0 Å². The second-order valence-electron chi connectivity index (χ2n) is 9.16. The van der Waals surface area contributed by atoms with Crippen LogP contribution in [0.5, 0.6) is 0 Å². The molecule has 4 nitrogen and oxygen atoms in total. The summed E-state index contributed by atoms with van der Waals surface area (Å²) < 4.78 is 70.5. The number of carbonyl (C=O) groups excluding carboxylic acids is 1. The molecule has 8 heteroatoms. The summed E-state index contributed by atoms with van der Waals surface area (Å²) in [6.07, 6.45) is 2.69. The Bertz CT molecular complexity index is 1250. The fraction of sp³-hybridized carbons (Fsp3) is 0.346. The van der Waals surface area contributed by atoms with Gasteiger partial charge in [-0.2, -0.15) is 0 Å². The molecule has 0 bridgehead atoms. The molecule has 1 aliphatic heterocycles. The van der Waals surface area contributed by atoms with Crippen LogP contribution in [0, 0.1) is 17.5 Å². The van der Waals surface area contributed by atoms with Crippen molar-refractivity contribution in [3.05, 3.63) is 76.3 Å². The van der Waals surface area contributed by atoms with Gasteiger partial charge in [-0.15, -0.1) is 0 Å². The molecule has 0 saturated heterocycles. The summed E-state index contributed by atoms with van der Waals surface area (Å²) in [5, 5.41) is 0.532. The van der Waals surface area contributed by atoms with Gasteiger partial charge in [-0.25, -0.2) is 22.4 Å². The predicted octanol–water partition coefficient (Wildman–Crippen LogP) is 6.12. The van der Waals surface area contributed by atoms with E-state index in [2.05, 4.69) is 4.74 Å². The Morgan fingerprint density at radius 1 is 1.21 bits per heavy atom. The maximum absolute atomic E-state index is 15.4. The molecule has 0 fully saturated rings. The molecule has 3 aromatic rings. The number of hydrogen-bond donors (Lipinski definition) is 0. The number of para-hydroxylation sites is 1. The molecule has 4 rings (SSSR count). The minimum Gasteiger partial charge on any atom is -0.466 e. The number of hydrogen-bond acceptors (Lipinski definition) is 4. The first kappa shape index (κ1) is 24.0. The van der Waals surface area contributed by atoms with Crippen LogP contribution in [-0.4, -0.2) is 36.2 Å². The Morgan fingerprint density at radius 3 is 2.50 bits per heavy atom. The van der Waals surface area contributed by atoms with E-state index in [1.807, 2.05) is 6.92 Å². The highest BCUT2D eigenvalue weighted by atomic mass is 19.1. The first-order valence-electron chi connectivity index (χ1n) is 10.9. The van der Waals surface area contributed by atoms with Gasteiger partial charge < -0.3 is 9.15 Å². The van der Waals surface area contributed by atoms with E-state index in [1.54, 1.807) is 17.0 Å². The summed E-state index contributed by atoms with van der Waals surface area (Å²) in [6, 6.07) is 5.24. The van der Waals surface area contributed by atoms with E-state index < -0.39 is 35.1 Å². The lowest BCUT2D eigenvalue weighted by molar-refractivity contribution is -0.134. The molecule has 2 atom stereocenters. The lowest BCUT2D eigenvalue weighted by Crippen LogP contribution is -2.48. The zero-order chi connectivity index (χ0) is 24.8. The molecular formula is C26H25F4NO3. The number of benzene rings is 2. The second-order valence-corrected chi connectivity index (χ2v) is 9.16. The molecule has 1 aromatic heterocycles. The number of carbonyl (C=O) groups is 1. The van der Waals surface area contributed by atoms with Gasteiger partial charge in [-0.3, -0.25) is 4.90 Å². The number of alkyl halides is 1. The minimum absolute atomic E-state index is 0.00417. The Hall–Kier alpha value is -3.13. The Kier molecular flexibility index (Phi) is 6.29. The van der Waals surface area contributed by atoms with Crippen molar-refractivity contribution in [1.29, 1.82) is 0 Å². The van der Waals surface area contributed by atoms with E-state index in [0.29, 0.717) is 17.4 Å². The molecule has 2 unspecified atom stereocenters. The monoisotopic (exact) mass is 475 g/mol. The zero-order valence-electron chi connectivity index (χ0n) is 19.3. The number of rotatable bonds is 5. The van der Waals surface area contributed by atoms with Crippen molar-refractivity contribution in [2.75, 3.05) is 13.7 Å². The van der Waals surface area contributed by atoms with Crippen LogP contribution < -0.4 is 0 Å². The van der Waals surface area contributed by atoms with Crippen molar-refractivity contribution in [3.63, 3.8) is 0 Å². The molecule has 180 valence electrons. The first-order valence-corrected chi connectivity index (χ1v) is 10.9. The number of ether oxygens (including phenoxy) is 1. The molecular weight excluding hydrogens is 450 g/mol. The first-order chi connectivity index (χ1) is 16.0. The van der Waals surface area contributed by atoms with Crippen molar-refractivity contribution in [3.8, 4) is 0 Å². The van der Waals surface area contributed by atoms with Gasteiger partial charge in [0, 0.05) is 35.2 Å². The molecule has 34 heavy (non-hydrogen) atoms. The van der Waals surface area contributed by atoms with E-state index in [4.69, 9.17) is 4.42 Å². The SMILES string of the molecule is COC(=O)/C=C/c1cc(F)c(C2c3oc4c(F)cccc4c3CC(C)N2CC(C)(C)F)c(F)c1. The highest BCUT2D eigenvalue weighted by molar-refractivity contribution is 5.87. The third kappa shape index (κ3) is 4.46. The van der Waals surface area contributed by atoms with Crippen molar-refractivity contribution < 1.29 is 31.5 Å². The smallest absolute Gasteiger partial charge is 0.330 e. The molecule has 0 spiro atoms. The predicted molar refractivity (Wildman–Crippen MR) is 120 cm³/mol. The molecule has 0 saturated carbocycles. The van der Waals surface area contributed by atoms with Crippen LogP contribution in [0.4, 0.5) is 17.6 Å². The standard InChI is InChI=1S/C26H25F4NO3/c1-14-10-17-16-6-5-7-18(27)24(16)34-25(17)23(31(14)13-26(2,3)30)22-19(28)11-15(12-20(22)29)8-9-21(32)33-4/h5-9,11-12,14,23H,10,13H2,1-4H3/b9-8+. The van der Waals surface area contributed by atoms with Crippen LogP contribution in [0.3, 0.4) is 0 Å². The number of halogens is 4. The Morgan fingerprint density at radius 2 is 1.88 bits per heavy atom. The quantitative estimate of drug-likeness (QED) is 0.253. The molecule has 1 aliphatic rings. The van der Waals surface area contributed by atoms with Crippen molar-refractivity contribution >= 4 is 23.0 Å². The average molecular weight is 475 g/mol. The Labute approximate surface area is 194 Å². The highest BCUT2D eigenvalue weighted by Crippen LogP contribution is 2.45. The van der Waals surface area contributed by atoms with Gasteiger partial charge in [-0.05, 0) is 57.0 Å². The summed E-state index contributed by atoms with van der Waals surface area (Å²) in [4.78, 5) is 13.0. The lowest BCUT2D eigenvalue weighted by Gasteiger charge is -2.42. The summed E-state index contributed by atoms with van der Waals surface area (Å²) in [6.45, 7) is 4.49. The largest absolute Gasteiger partial charge is 0.466 e. The fourth-order valence-electron chi connectivity index (χ4n) is 4.58. The van der Waals surface area contributed by atoms with Crippen molar-refractivity contribution in [1.82, 2.24) is 4.90 Å². The minimum atomic E-state index is -1.67. The topological polar surface area (TPSA) is 42.7 Å². The molecule has 0 amide bonds. The summed E-state index contributed by atoms with van der Waals surface area (Å²) in [7, 11) is 1.19. The van der Waals surface area contributed by atoms with E-state index in [1.165, 1.54) is 33.1 Å². The molecule has 0 N–H and O–H groups in total. The fourth-order valence-corrected chi connectivity index (χ4v) is 4.58. The lowest BCUT2D eigenvalue weighted by atomic mass is 9.87. The molecule has 0 radical (unpaired) electrons. The number of fused-ring (bicyclic) bond motifs is 3. The zero-order valence-corrected chi connectivity index (χ0v) is 19.3. The van der Waals surface area contributed by atoms with Gasteiger partial charge in [0.05, 0.1) is 7.11 Å². The van der Waals surface area contributed by atoms with Crippen LogP contribution in [0.15, 0.2) is 40.8 Å². The van der Waals surface area contributed by atoms with Crippen molar-refractivity contribution in [2.45, 2.75) is 44.9 Å². The normalized spacial score (nSPS) is 19.1. The summed E-state index contributed by atoms with van der Waals surface area (Å²) in [5.41, 5.74) is -1.23. The third-order valence-corrected chi connectivity index (χ3v) is 5.99. The van der Waals surface area contributed by atoms with Gasteiger partial charge in [0.1, 0.15) is 29.1 Å². The van der Waals surface area contributed by atoms with Gasteiger partial charge in [-0.1, -0.05) is 12.1 Å².